The van der Waals surface area contributed by atoms with Crippen molar-refractivity contribution in [2.45, 2.75) is 11.8 Å². The van der Waals surface area contributed by atoms with E-state index < -0.39 is 104 Å². The topological polar surface area (TPSA) is 0 Å². The highest BCUT2D eigenvalue weighted by atomic mass is 19.3. The van der Waals surface area contributed by atoms with Gasteiger partial charge in [0.1, 0.15) is 0 Å². The highest BCUT2D eigenvalue weighted by Crippen LogP contribution is 2.53. The summed E-state index contributed by atoms with van der Waals surface area (Å²) in [6.07, 6.45) is 0. The molecule has 0 atom stereocenters. The summed E-state index contributed by atoms with van der Waals surface area (Å²) < 4.78 is 251. The Balaban J connectivity index is 3.64. The number of fused-ring (bicyclic) bond motifs is 1. The Labute approximate surface area is 184 Å². The molecule has 1 aromatic rings. The van der Waals surface area contributed by atoms with Crippen LogP contribution in [0.4, 0.5) is 79.0 Å². The fourth-order valence-corrected chi connectivity index (χ4v) is 2.45. The second-order valence-corrected chi connectivity index (χ2v) is 6.29. The first-order valence-corrected chi connectivity index (χ1v) is 8.15. The molecule has 0 nitrogen and oxygen atoms in total. The van der Waals surface area contributed by atoms with Crippen molar-refractivity contribution < 1.29 is 79.0 Å². The maximum absolute atomic E-state index is 14.5. The maximum atomic E-state index is 14.5. The summed E-state index contributed by atoms with van der Waals surface area (Å²) in [6, 6.07) is 0. The average molecular weight is 558 g/mol. The highest BCUT2D eigenvalue weighted by Gasteiger charge is 2.65. The van der Waals surface area contributed by atoms with Gasteiger partial charge in [0.25, 0.3) is 0 Å². The van der Waals surface area contributed by atoms with Gasteiger partial charge in [0.15, 0.2) is 40.7 Å². The van der Waals surface area contributed by atoms with Crippen LogP contribution >= 0.6 is 0 Å². The second kappa shape index (κ2) is 9.27. The quantitative estimate of drug-likeness (QED) is 0.280. The monoisotopic (exact) mass is 558 g/mol. The van der Waals surface area contributed by atoms with E-state index in [0.29, 0.717) is 0 Å². The van der Waals surface area contributed by atoms with E-state index in [-0.39, 0.29) is 0 Å². The lowest BCUT2D eigenvalue weighted by Crippen LogP contribution is -2.41. The van der Waals surface area contributed by atoms with Gasteiger partial charge in [0.2, 0.25) is 40.7 Å². The second-order valence-electron chi connectivity index (χ2n) is 6.29. The maximum Gasteiger partial charge on any atom is 0.368 e. The molecule has 2 rings (SSSR count). The lowest BCUT2D eigenvalue weighted by Gasteiger charge is -2.27. The van der Waals surface area contributed by atoms with Crippen molar-refractivity contribution in [3.8, 4) is 0 Å². The standard InChI is InChI=1S/C18F18/c19-3-1-2(5(21)8(24)11(27)13(29)12(28)9(25)6(3)22)17(33,34)18(35,36)16(32)15(31)14(30)10(26)7(23)4(1)20. The summed E-state index contributed by atoms with van der Waals surface area (Å²) in [6.45, 7) is 0. The van der Waals surface area contributed by atoms with Crippen molar-refractivity contribution in [3.05, 3.63) is 86.8 Å². The van der Waals surface area contributed by atoms with E-state index in [1.54, 1.807) is 0 Å². The molecule has 36 heavy (non-hydrogen) atoms. The summed E-state index contributed by atoms with van der Waals surface area (Å²) in [4.78, 5) is 0. The number of hydrogen-bond acceptors (Lipinski definition) is 0. The number of alkyl halides is 4. The number of rotatable bonds is 0. The number of halogens is 18. The van der Waals surface area contributed by atoms with Crippen molar-refractivity contribution in [1.82, 2.24) is 0 Å². The number of allylic oxidation sites excluding steroid dienone is 5. The summed E-state index contributed by atoms with van der Waals surface area (Å²) >= 11 is 0. The van der Waals surface area contributed by atoms with Crippen LogP contribution in [0.1, 0.15) is 11.1 Å². The molecule has 0 radical (unpaired) electrons. The Morgan fingerprint density at radius 1 is 0.306 bits per heavy atom. The summed E-state index contributed by atoms with van der Waals surface area (Å²) in [5.74, 6) is -69.4. The largest absolute Gasteiger partial charge is 0.368 e. The fourth-order valence-electron chi connectivity index (χ4n) is 2.45. The van der Waals surface area contributed by atoms with Gasteiger partial charge in [0.05, 0.1) is 11.1 Å². The third-order valence-corrected chi connectivity index (χ3v) is 4.20. The van der Waals surface area contributed by atoms with Crippen LogP contribution in [0, 0.1) is 46.5 Å². The van der Waals surface area contributed by atoms with Crippen LogP contribution in [0.25, 0.3) is 5.83 Å². The lowest BCUT2D eigenvalue weighted by molar-refractivity contribution is -0.205. The molecule has 0 amide bonds. The zero-order valence-corrected chi connectivity index (χ0v) is 15.8. The summed E-state index contributed by atoms with van der Waals surface area (Å²) in [5, 5.41) is 0. The van der Waals surface area contributed by atoms with Gasteiger partial charge in [-0.3, -0.25) is 0 Å². The summed E-state index contributed by atoms with van der Waals surface area (Å²) in [5.41, 5.74) is -8.13. The zero-order chi connectivity index (χ0) is 28.2. The van der Waals surface area contributed by atoms with Crippen LogP contribution in [0.15, 0.2) is 29.1 Å². The molecule has 0 aromatic heterocycles. The molecule has 0 aliphatic heterocycles. The van der Waals surface area contributed by atoms with Gasteiger partial charge in [-0.1, -0.05) is 0 Å². The van der Waals surface area contributed by atoms with Gasteiger partial charge < -0.3 is 0 Å². The average Bonchev–Trinajstić information content (AvgIpc) is 2.83. The minimum Gasteiger partial charge on any atom is -0.203 e. The van der Waals surface area contributed by atoms with Crippen molar-refractivity contribution in [2.24, 2.45) is 0 Å². The lowest BCUT2D eigenvalue weighted by atomic mass is 9.93. The van der Waals surface area contributed by atoms with E-state index in [1.807, 2.05) is 0 Å². The Morgan fingerprint density at radius 3 is 1.03 bits per heavy atom. The first-order valence-electron chi connectivity index (χ1n) is 8.15. The molecule has 0 fully saturated rings. The van der Waals surface area contributed by atoms with E-state index in [2.05, 4.69) is 0 Å². The third-order valence-electron chi connectivity index (χ3n) is 4.20. The molecule has 0 spiro atoms. The molecule has 198 valence electrons. The van der Waals surface area contributed by atoms with Crippen LogP contribution in [-0.2, 0) is 5.92 Å². The van der Waals surface area contributed by atoms with Crippen LogP contribution in [-0.4, -0.2) is 5.92 Å². The predicted molar refractivity (Wildman–Crippen MR) is 80.2 cm³/mol. The van der Waals surface area contributed by atoms with Crippen molar-refractivity contribution in [1.29, 1.82) is 0 Å². The number of hydrogen-bond donors (Lipinski definition) is 0. The minimum absolute atomic E-state index is 3.62. The Bertz CT molecular complexity index is 1310. The Hall–Kier alpha value is -3.34. The van der Waals surface area contributed by atoms with E-state index in [1.165, 1.54) is 0 Å². The Kier molecular flexibility index (Phi) is 7.44. The van der Waals surface area contributed by atoms with Crippen LogP contribution in [0.2, 0.25) is 0 Å². The first-order chi connectivity index (χ1) is 16.2. The Morgan fingerprint density at radius 2 is 0.611 bits per heavy atom. The molecule has 18 heteroatoms. The van der Waals surface area contributed by atoms with Crippen LogP contribution in [0.3, 0.4) is 0 Å². The normalized spacial score (nSPS) is 17.8. The van der Waals surface area contributed by atoms with Crippen molar-refractivity contribution >= 4 is 5.83 Å². The van der Waals surface area contributed by atoms with Crippen molar-refractivity contribution in [2.75, 3.05) is 0 Å². The van der Waals surface area contributed by atoms with Gasteiger partial charge >= 0.3 is 11.8 Å². The molecular formula is C18F18. The first kappa shape index (κ1) is 28.9. The highest BCUT2D eigenvalue weighted by molar-refractivity contribution is 5.69. The molecule has 0 saturated heterocycles. The van der Waals surface area contributed by atoms with E-state index in [4.69, 9.17) is 0 Å². The van der Waals surface area contributed by atoms with Gasteiger partial charge in [-0.2, -0.15) is 17.6 Å². The molecule has 0 heterocycles. The van der Waals surface area contributed by atoms with E-state index in [0.717, 1.165) is 0 Å². The molecule has 1 aromatic carbocycles. The molecule has 1 aliphatic rings. The van der Waals surface area contributed by atoms with Gasteiger partial charge in [0, 0.05) is 0 Å². The molecule has 0 saturated carbocycles. The van der Waals surface area contributed by atoms with Crippen LogP contribution in [0.5, 0.6) is 0 Å². The van der Waals surface area contributed by atoms with Gasteiger partial charge in [-0.25, -0.2) is 61.5 Å². The molecule has 0 N–H and O–H groups in total. The van der Waals surface area contributed by atoms with E-state index >= 15 is 0 Å². The smallest absolute Gasteiger partial charge is 0.203 e. The van der Waals surface area contributed by atoms with Crippen molar-refractivity contribution in [3.63, 3.8) is 0 Å². The molecule has 0 bridgehead atoms. The third kappa shape index (κ3) is 4.04. The molecular weight excluding hydrogens is 558 g/mol. The zero-order valence-electron chi connectivity index (χ0n) is 15.8. The predicted octanol–water partition coefficient (Wildman–Crippen LogP) is 8.57. The van der Waals surface area contributed by atoms with Gasteiger partial charge in [-0.15, -0.1) is 0 Å². The van der Waals surface area contributed by atoms with Gasteiger partial charge in [-0.05, 0) is 0 Å². The van der Waals surface area contributed by atoms with Crippen LogP contribution < -0.4 is 0 Å². The molecule has 0 unspecified atom stereocenters. The van der Waals surface area contributed by atoms with E-state index in [9.17, 15) is 79.0 Å². The minimum atomic E-state index is -7.27. The summed E-state index contributed by atoms with van der Waals surface area (Å²) in [7, 11) is 0. The fraction of sp³-hybridized carbons (Fsp3) is 0.111. The SMILES string of the molecule is FC1=C(F)C(F)=C(F)C(F)(F)C(F)(F)c2c(F)c(F)c(F)c(F)c(F)c(F)c(F)c(F)c2C(F)=C1F. The molecule has 1 aliphatic carbocycles.